The first-order valence-electron chi connectivity index (χ1n) is 5.92. The molecule has 1 unspecified atom stereocenters. The second-order valence-electron chi connectivity index (χ2n) is 4.93. The van der Waals surface area contributed by atoms with Crippen molar-refractivity contribution in [2.24, 2.45) is 5.41 Å². The summed E-state index contributed by atoms with van der Waals surface area (Å²) < 4.78 is 0. The maximum Gasteiger partial charge on any atom is 0.133 e. The van der Waals surface area contributed by atoms with Crippen LogP contribution in [-0.2, 0) is 0 Å². The number of rotatable bonds is 4. The molecule has 5 heteroatoms. The third-order valence-corrected chi connectivity index (χ3v) is 3.96. The molecule has 94 valence electrons. The number of hydrogen-bond donors (Lipinski definition) is 1. The zero-order valence-corrected chi connectivity index (χ0v) is 11.5. The maximum absolute atomic E-state index is 4.38. The van der Waals surface area contributed by atoms with Gasteiger partial charge in [0.1, 0.15) is 17.2 Å². The SMILES string of the molecule is CNCC1(C)CCN(c2cc(SC)ncn2)C1. The lowest BCUT2D eigenvalue weighted by molar-refractivity contribution is 0.355. The second kappa shape index (κ2) is 5.23. The third-order valence-electron chi connectivity index (χ3n) is 3.32. The van der Waals surface area contributed by atoms with Gasteiger partial charge >= 0.3 is 0 Å². The average molecular weight is 252 g/mol. The van der Waals surface area contributed by atoms with Crippen molar-refractivity contribution < 1.29 is 0 Å². The average Bonchev–Trinajstić information content (AvgIpc) is 2.72. The molecule has 0 saturated carbocycles. The van der Waals surface area contributed by atoms with Gasteiger partial charge in [-0.25, -0.2) is 9.97 Å². The first kappa shape index (κ1) is 12.6. The highest BCUT2D eigenvalue weighted by molar-refractivity contribution is 7.98. The van der Waals surface area contributed by atoms with Gasteiger partial charge in [0.15, 0.2) is 0 Å². The molecule has 0 amide bonds. The van der Waals surface area contributed by atoms with E-state index in [1.807, 2.05) is 13.3 Å². The van der Waals surface area contributed by atoms with Crippen LogP contribution in [0.25, 0.3) is 0 Å². The van der Waals surface area contributed by atoms with Gasteiger partial charge in [-0.3, -0.25) is 0 Å². The van der Waals surface area contributed by atoms with E-state index in [0.29, 0.717) is 5.41 Å². The van der Waals surface area contributed by atoms with Gasteiger partial charge in [0, 0.05) is 25.7 Å². The minimum atomic E-state index is 0.360. The molecular formula is C12H20N4S. The number of nitrogens with one attached hydrogen (secondary N) is 1. The Labute approximate surface area is 107 Å². The van der Waals surface area contributed by atoms with Crippen molar-refractivity contribution >= 4 is 17.6 Å². The summed E-state index contributed by atoms with van der Waals surface area (Å²) in [6.07, 6.45) is 4.92. The van der Waals surface area contributed by atoms with Gasteiger partial charge in [-0.1, -0.05) is 6.92 Å². The summed E-state index contributed by atoms with van der Waals surface area (Å²) >= 11 is 1.66. The Balaban J connectivity index is 2.09. The Bertz CT molecular complexity index is 385. The van der Waals surface area contributed by atoms with Crippen LogP contribution in [0.15, 0.2) is 17.4 Å². The van der Waals surface area contributed by atoms with Crippen LogP contribution in [0.2, 0.25) is 0 Å². The molecule has 1 fully saturated rings. The summed E-state index contributed by atoms with van der Waals surface area (Å²) in [5.74, 6) is 1.06. The van der Waals surface area contributed by atoms with Crippen molar-refractivity contribution in [1.82, 2.24) is 15.3 Å². The van der Waals surface area contributed by atoms with Gasteiger partial charge in [-0.2, -0.15) is 0 Å². The maximum atomic E-state index is 4.38. The molecule has 2 rings (SSSR count). The van der Waals surface area contributed by atoms with Crippen LogP contribution in [0.4, 0.5) is 5.82 Å². The Morgan fingerprint density at radius 3 is 3.06 bits per heavy atom. The molecule has 0 radical (unpaired) electrons. The Kier molecular flexibility index (Phi) is 3.89. The van der Waals surface area contributed by atoms with Gasteiger partial charge in [-0.05, 0) is 25.1 Å². The van der Waals surface area contributed by atoms with E-state index >= 15 is 0 Å². The molecule has 0 aromatic carbocycles. The normalized spacial score (nSPS) is 24.3. The van der Waals surface area contributed by atoms with Gasteiger partial charge in [0.2, 0.25) is 0 Å². The number of hydrogen-bond acceptors (Lipinski definition) is 5. The van der Waals surface area contributed by atoms with E-state index in [1.54, 1.807) is 18.1 Å². The molecule has 17 heavy (non-hydrogen) atoms. The van der Waals surface area contributed by atoms with E-state index in [-0.39, 0.29) is 0 Å². The number of aromatic nitrogens is 2. The van der Waals surface area contributed by atoms with E-state index in [4.69, 9.17) is 0 Å². The van der Waals surface area contributed by atoms with Crippen LogP contribution in [0.5, 0.6) is 0 Å². The number of thioether (sulfide) groups is 1. The summed E-state index contributed by atoms with van der Waals surface area (Å²) in [6.45, 7) is 5.55. The summed E-state index contributed by atoms with van der Waals surface area (Å²) in [6, 6.07) is 2.08. The van der Waals surface area contributed by atoms with Crippen molar-refractivity contribution in [1.29, 1.82) is 0 Å². The minimum Gasteiger partial charge on any atom is -0.356 e. The van der Waals surface area contributed by atoms with Crippen LogP contribution in [-0.4, -0.2) is 42.9 Å². The van der Waals surface area contributed by atoms with Gasteiger partial charge < -0.3 is 10.2 Å². The lowest BCUT2D eigenvalue weighted by Crippen LogP contribution is -2.33. The van der Waals surface area contributed by atoms with E-state index in [0.717, 1.165) is 30.5 Å². The molecule has 0 aliphatic carbocycles. The summed E-state index contributed by atoms with van der Waals surface area (Å²) in [5, 5.41) is 4.32. The molecule has 1 aliphatic rings. The van der Waals surface area contributed by atoms with Gasteiger partial charge in [-0.15, -0.1) is 11.8 Å². The minimum absolute atomic E-state index is 0.360. The molecule has 1 aliphatic heterocycles. The van der Waals surface area contributed by atoms with Crippen molar-refractivity contribution in [2.75, 3.05) is 37.8 Å². The highest BCUT2D eigenvalue weighted by Crippen LogP contribution is 2.32. The third kappa shape index (κ3) is 2.90. The topological polar surface area (TPSA) is 41.0 Å². The smallest absolute Gasteiger partial charge is 0.133 e. The van der Waals surface area contributed by atoms with Gasteiger partial charge in [0.05, 0.1) is 0 Å². The highest BCUT2D eigenvalue weighted by atomic mass is 32.2. The summed E-state index contributed by atoms with van der Waals surface area (Å²) in [4.78, 5) is 11.0. The first-order valence-corrected chi connectivity index (χ1v) is 7.15. The molecule has 4 nitrogen and oxygen atoms in total. The van der Waals surface area contributed by atoms with Crippen molar-refractivity contribution in [2.45, 2.75) is 18.4 Å². The predicted molar refractivity (Wildman–Crippen MR) is 72.7 cm³/mol. The van der Waals surface area contributed by atoms with Crippen molar-refractivity contribution in [3.63, 3.8) is 0 Å². The Morgan fingerprint density at radius 2 is 2.35 bits per heavy atom. The largest absolute Gasteiger partial charge is 0.356 e. The zero-order chi connectivity index (χ0) is 12.3. The molecule has 1 atom stereocenters. The summed E-state index contributed by atoms with van der Waals surface area (Å²) in [7, 11) is 2.02. The summed E-state index contributed by atoms with van der Waals surface area (Å²) in [5.41, 5.74) is 0.360. The lowest BCUT2D eigenvalue weighted by atomic mass is 9.90. The monoisotopic (exact) mass is 252 g/mol. The van der Waals surface area contributed by atoms with E-state index in [9.17, 15) is 0 Å². The van der Waals surface area contributed by atoms with E-state index in [1.165, 1.54) is 6.42 Å². The van der Waals surface area contributed by atoms with Crippen LogP contribution >= 0.6 is 11.8 Å². The fourth-order valence-electron chi connectivity index (χ4n) is 2.40. The molecule has 2 heterocycles. The zero-order valence-electron chi connectivity index (χ0n) is 10.7. The molecule has 1 saturated heterocycles. The van der Waals surface area contributed by atoms with Crippen LogP contribution in [0, 0.1) is 5.41 Å². The Morgan fingerprint density at radius 1 is 1.53 bits per heavy atom. The van der Waals surface area contributed by atoms with Crippen LogP contribution in [0.3, 0.4) is 0 Å². The quantitative estimate of drug-likeness (QED) is 0.651. The molecule has 0 bridgehead atoms. The standard InChI is InChI=1S/C12H20N4S/c1-12(7-13-2)4-5-16(8-12)10-6-11(17-3)15-9-14-10/h6,9,13H,4-5,7-8H2,1-3H3. The number of anilines is 1. The molecular weight excluding hydrogens is 232 g/mol. The fourth-order valence-corrected chi connectivity index (χ4v) is 2.78. The van der Waals surface area contributed by atoms with Gasteiger partial charge in [0.25, 0.3) is 0 Å². The Hall–Kier alpha value is -0.810. The highest BCUT2D eigenvalue weighted by Gasteiger charge is 2.33. The fraction of sp³-hybridized carbons (Fsp3) is 0.667. The second-order valence-corrected chi connectivity index (χ2v) is 5.76. The molecule has 1 aromatic heterocycles. The molecule has 1 aromatic rings. The molecule has 1 N–H and O–H groups in total. The van der Waals surface area contributed by atoms with E-state index < -0.39 is 0 Å². The number of nitrogens with zero attached hydrogens (tertiary/aromatic N) is 3. The van der Waals surface area contributed by atoms with Crippen molar-refractivity contribution in [3.8, 4) is 0 Å². The predicted octanol–water partition coefficient (Wildman–Crippen LogP) is 1.63. The van der Waals surface area contributed by atoms with Crippen molar-refractivity contribution in [3.05, 3.63) is 12.4 Å². The van der Waals surface area contributed by atoms with E-state index in [2.05, 4.69) is 33.2 Å². The molecule has 0 spiro atoms. The van der Waals surface area contributed by atoms with Crippen LogP contribution in [0.1, 0.15) is 13.3 Å². The van der Waals surface area contributed by atoms with Crippen LogP contribution < -0.4 is 10.2 Å². The first-order chi connectivity index (χ1) is 8.17. The lowest BCUT2D eigenvalue weighted by Gasteiger charge is -2.24.